The molecule has 1 aliphatic heterocycles. The van der Waals surface area contributed by atoms with Crippen LogP contribution in [0.15, 0.2) is 23.3 Å². The topological polar surface area (TPSA) is 50.7 Å². The molecule has 0 aliphatic carbocycles. The molecule has 0 unspecified atom stereocenters. The Morgan fingerprint density at radius 2 is 2.33 bits per heavy atom. The fraction of sp³-hybridized carbons (Fsp3) is 0.200. The minimum Gasteiger partial charge on any atom is -0.442 e. The van der Waals surface area contributed by atoms with Crippen molar-refractivity contribution >= 4 is 23.4 Å². The first-order valence-corrected chi connectivity index (χ1v) is 4.80. The van der Waals surface area contributed by atoms with E-state index in [0.717, 1.165) is 11.1 Å². The molecule has 0 saturated carbocycles. The molecule has 0 aromatic heterocycles. The number of ether oxygens (including phenoxy) is 1. The van der Waals surface area contributed by atoms with Crippen molar-refractivity contribution in [1.29, 1.82) is 0 Å². The van der Waals surface area contributed by atoms with Gasteiger partial charge in [0.15, 0.2) is 0 Å². The number of nitrogens with zero attached hydrogens (tertiary/aromatic N) is 1. The highest BCUT2D eigenvalue weighted by Gasteiger charge is 2.14. The largest absolute Gasteiger partial charge is 0.442 e. The Hall–Kier alpha value is -1.55. The van der Waals surface area contributed by atoms with Crippen molar-refractivity contribution in [1.82, 2.24) is 5.43 Å². The molecule has 1 aromatic carbocycles. The lowest BCUT2D eigenvalue weighted by molar-refractivity contribution is 0.157. The molecule has 78 valence electrons. The average molecular weight is 225 g/mol. The summed E-state index contributed by atoms with van der Waals surface area (Å²) in [6, 6.07) is 5.54. The van der Waals surface area contributed by atoms with Crippen molar-refractivity contribution in [3.05, 3.63) is 34.3 Å². The predicted octanol–water partition coefficient (Wildman–Crippen LogP) is 2.09. The van der Waals surface area contributed by atoms with Crippen LogP contribution in [0, 0.1) is 6.92 Å². The molecule has 0 saturated heterocycles. The molecule has 0 spiro atoms. The molecule has 0 bridgehead atoms. The van der Waals surface area contributed by atoms with Crippen LogP contribution in [-0.2, 0) is 4.74 Å². The molecule has 1 aliphatic rings. The zero-order chi connectivity index (χ0) is 10.8. The van der Waals surface area contributed by atoms with Gasteiger partial charge in [-0.15, -0.1) is 0 Å². The monoisotopic (exact) mass is 224 g/mol. The van der Waals surface area contributed by atoms with Gasteiger partial charge in [0.2, 0.25) is 0 Å². The van der Waals surface area contributed by atoms with Gasteiger partial charge >= 0.3 is 6.09 Å². The summed E-state index contributed by atoms with van der Waals surface area (Å²) < 4.78 is 4.80. The number of aryl methyl sites for hydroxylation is 1. The third kappa shape index (κ3) is 2.10. The molecular formula is C10H9ClN2O2. The van der Waals surface area contributed by atoms with E-state index in [1.54, 1.807) is 6.07 Å². The number of carbonyl (C=O) groups excluding carboxylic acids is 1. The van der Waals surface area contributed by atoms with Crippen LogP contribution in [0.5, 0.6) is 0 Å². The first-order chi connectivity index (χ1) is 7.16. The van der Waals surface area contributed by atoms with Crippen molar-refractivity contribution < 1.29 is 9.53 Å². The van der Waals surface area contributed by atoms with E-state index in [9.17, 15) is 4.79 Å². The Kier molecular flexibility index (Phi) is 2.60. The van der Waals surface area contributed by atoms with Crippen LogP contribution in [0.4, 0.5) is 4.79 Å². The zero-order valence-corrected chi connectivity index (χ0v) is 8.84. The summed E-state index contributed by atoms with van der Waals surface area (Å²) in [5.41, 5.74) is 4.81. The smallest absolute Gasteiger partial charge is 0.428 e. The van der Waals surface area contributed by atoms with Gasteiger partial charge in [0, 0.05) is 10.6 Å². The van der Waals surface area contributed by atoms with Gasteiger partial charge < -0.3 is 4.74 Å². The molecule has 2 rings (SSSR count). The summed E-state index contributed by atoms with van der Waals surface area (Å²) in [5.74, 6) is 0. The molecule has 0 fully saturated rings. The first kappa shape index (κ1) is 9.98. The molecule has 1 amide bonds. The third-order valence-corrected chi connectivity index (χ3v) is 2.54. The number of amides is 1. The summed E-state index contributed by atoms with van der Waals surface area (Å²) in [7, 11) is 0. The van der Waals surface area contributed by atoms with E-state index >= 15 is 0 Å². The van der Waals surface area contributed by atoms with Gasteiger partial charge in [0.05, 0.1) is 0 Å². The summed E-state index contributed by atoms with van der Waals surface area (Å²) in [4.78, 5) is 10.7. The second-order valence-corrected chi connectivity index (χ2v) is 3.62. The number of hydrogen-bond donors (Lipinski definition) is 1. The second kappa shape index (κ2) is 3.90. The first-order valence-electron chi connectivity index (χ1n) is 4.42. The van der Waals surface area contributed by atoms with Crippen LogP contribution in [0.3, 0.4) is 0 Å². The Balaban J connectivity index is 2.30. The van der Waals surface area contributed by atoms with Crippen LogP contribution in [0.2, 0.25) is 5.02 Å². The van der Waals surface area contributed by atoms with E-state index in [2.05, 4.69) is 10.5 Å². The minimum atomic E-state index is -0.524. The van der Waals surface area contributed by atoms with Crippen LogP contribution in [-0.4, -0.2) is 18.4 Å². The SMILES string of the molecule is Cc1cc(C2=NNC(=O)OC2)ccc1Cl. The highest BCUT2D eigenvalue weighted by atomic mass is 35.5. The maximum Gasteiger partial charge on any atom is 0.428 e. The van der Waals surface area contributed by atoms with Gasteiger partial charge in [-0.1, -0.05) is 17.7 Å². The number of carbonyl (C=O) groups is 1. The van der Waals surface area contributed by atoms with Gasteiger partial charge in [-0.2, -0.15) is 5.10 Å². The van der Waals surface area contributed by atoms with E-state index in [1.165, 1.54) is 0 Å². The predicted molar refractivity (Wildman–Crippen MR) is 57.2 cm³/mol. The standard InChI is InChI=1S/C10H9ClN2O2/c1-6-4-7(2-3-8(6)11)9-5-15-10(14)13-12-9/h2-4H,5H2,1H3,(H,13,14). The fourth-order valence-electron chi connectivity index (χ4n) is 1.28. The molecule has 1 heterocycles. The Morgan fingerprint density at radius 1 is 1.53 bits per heavy atom. The molecule has 0 atom stereocenters. The lowest BCUT2D eigenvalue weighted by Gasteiger charge is -2.13. The van der Waals surface area contributed by atoms with Crippen LogP contribution in [0.1, 0.15) is 11.1 Å². The summed E-state index contributed by atoms with van der Waals surface area (Å²) in [5, 5.41) is 4.61. The fourth-order valence-corrected chi connectivity index (χ4v) is 1.40. The number of hydrazone groups is 1. The number of halogens is 1. The highest BCUT2D eigenvalue weighted by Crippen LogP contribution is 2.17. The number of nitrogens with one attached hydrogen (secondary N) is 1. The lowest BCUT2D eigenvalue weighted by Crippen LogP contribution is -2.30. The van der Waals surface area contributed by atoms with Crippen molar-refractivity contribution in [3.8, 4) is 0 Å². The Morgan fingerprint density at radius 3 is 2.93 bits per heavy atom. The number of rotatable bonds is 1. The molecular weight excluding hydrogens is 216 g/mol. The second-order valence-electron chi connectivity index (χ2n) is 3.21. The van der Waals surface area contributed by atoms with Crippen LogP contribution in [0.25, 0.3) is 0 Å². The van der Waals surface area contributed by atoms with Gasteiger partial charge in [-0.25, -0.2) is 10.2 Å². The van der Waals surface area contributed by atoms with Gasteiger partial charge in [0.25, 0.3) is 0 Å². The summed E-state index contributed by atoms with van der Waals surface area (Å²) in [6.07, 6.45) is -0.524. The maximum absolute atomic E-state index is 10.7. The summed E-state index contributed by atoms with van der Waals surface area (Å²) in [6.45, 7) is 2.10. The molecule has 0 radical (unpaired) electrons. The van der Waals surface area contributed by atoms with Crippen molar-refractivity contribution in [2.45, 2.75) is 6.92 Å². The quantitative estimate of drug-likeness (QED) is 0.794. The molecule has 1 N–H and O–H groups in total. The van der Waals surface area contributed by atoms with Crippen molar-refractivity contribution in [2.24, 2.45) is 5.10 Å². The number of hydrogen-bond acceptors (Lipinski definition) is 3. The van der Waals surface area contributed by atoms with Crippen molar-refractivity contribution in [3.63, 3.8) is 0 Å². The van der Waals surface area contributed by atoms with Crippen molar-refractivity contribution in [2.75, 3.05) is 6.61 Å². The summed E-state index contributed by atoms with van der Waals surface area (Å²) >= 11 is 5.90. The maximum atomic E-state index is 10.7. The van der Waals surface area contributed by atoms with Crippen LogP contribution >= 0.6 is 11.6 Å². The highest BCUT2D eigenvalue weighted by molar-refractivity contribution is 6.31. The molecule has 1 aromatic rings. The van der Waals surface area contributed by atoms with Gasteiger partial charge in [-0.05, 0) is 24.6 Å². The molecule has 5 heteroatoms. The van der Waals surface area contributed by atoms with E-state index in [4.69, 9.17) is 16.3 Å². The van der Waals surface area contributed by atoms with E-state index in [1.807, 2.05) is 19.1 Å². The normalized spacial score (nSPS) is 15.3. The van der Waals surface area contributed by atoms with E-state index in [-0.39, 0.29) is 6.61 Å². The minimum absolute atomic E-state index is 0.187. The average Bonchev–Trinajstić information content (AvgIpc) is 2.23. The van der Waals surface area contributed by atoms with Gasteiger partial charge in [-0.3, -0.25) is 0 Å². The van der Waals surface area contributed by atoms with Gasteiger partial charge in [0.1, 0.15) is 12.3 Å². The Bertz CT molecular complexity index is 443. The Labute approximate surface area is 91.9 Å². The molecule has 4 nitrogen and oxygen atoms in total. The number of benzene rings is 1. The van der Waals surface area contributed by atoms with E-state index in [0.29, 0.717) is 10.7 Å². The lowest BCUT2D eigenvalue weighted by atomic mass is 10.1. The zero-order valence-electron chi connectivity index (χ0n) is 8.08. The van der Waals surface area contributed by atoms with Crippen LogP contribution < -0.4 is 5.43 Å². The third-order valence-electron chi connectivity index (χ3n) is 2.11. The van der Waals surface area contributed by atoms with E-state index < -0.39 is 6.09 Å². The number of cyclic esters (lactones) is 1. The molecule has 15 heavy (non-hydrogen) atoms.